The van der Waals surface area contributed by atoms with Crippen LogP contribution in [0.4, 0.5) is 5.88 Å². The number of aromatic nitrogens is 1. The lowest BCUT2D eigenvalue weighted by Gasteiger charge is -2.10. The summed E-state index contributed by atoms with van der Waals surface area (Å²) in [6.07, 6.45) is 1.77. The van der Waals surface area contributed by atoms with Crippen molar-refractivity contribution in [3.63, 3.8) is 0 Å². The molecule has 2 aromatic heterocycles. The van der Waals surface area contributed by atoms with Gasteiger partial charge in [0.25, 0.3) is 0 Å². The highest BCUT2D eigenvalue weighted by atomic mass is 16.4. The Morgan fingerprint density at radius 1 is 1.12 bits per heavy atom. The molecule has 0 radical (unpaired) electrons. The summed E-state index contributed by atoms with van der Waals surface area (Å²) in [5, 5.41) is 9.30. The molecule has 0 unspecified atom stereocenters. The van der Waals surface area contributed by atoms with E-state index in [2.05, 4.69) is 66.7 Å². The van der Waals surface area contributed by atoms with Crippen LogP contribution < -0.4 is 0 Å². The minimum Gasteiger partial charge on any atom is -0.442 e. The summed E-state index contributed by atoms with van der Waals surface area (Å²) in [6.45, 7) is 9.96. The van der Waals surface area contributed by atoms with Gasteiger partial charge in [0.15, 0.2) is 0 Å². The zero-order valence-electron chi connectivity index (χ0n) is 15.2. The summed E-state index contributed by atoms with van der Waals surface area (Å²) in [7, 11) is 0. The van der Waals surface area contributed by atoms with E-state index in [-0.39, 0.29) is 0 Å². The molecule has 0 bridgehead atoms. The van der Waals surface area contributed by atoms with Crippen molar-refractivity contribution in [1.29, 1.82) is 5.26 Å². The Bertz CT molecular complexity index is 1010. The van der Waals surface area contributed by atoms with Crippen molar-refractivity contribution < 1.29 is 4.42 Å². The van der Waals surface area contributed by atoms with Gasteiger partial charge < -0.3 is 8.98 Å². The SMILES string of the molecule is Cc1cccc(-n2c(C)cc(C=Nc3oc(C)c(C)c3C#N)c2C)c1. The molecule has 1 aromatic carbocycles. The van der Waals surface area contributed by atoms with Crippen LogP contribution in [0.25, 0.3) is 5.69 Å². The van der Waals surface area contributed by atoms with Gasteiger partial charge in [0.05, 0.1) is 0 Å². The van der Waals surface area contributed by atoms with E-state index in [1.807, 2.05) is 13.8 Å². The maximum Gasteiger partial charge on any atom is 0.237 e. The monoisotopic (exact) mass is 331 g/mol. The van der Waals surface area contributed by atoms with E-state index >= 15 is 0 Å². The molecule has 0 spiro atoms. The second-order valence-electron chi connectivity index (χ2n) is 6.33. The van der Waals surface area contributed by atoms with E-state index < -0.39 is 0 Å². The Morgan fingerprint density at radius 3 is 2.56 bits per heavy atom. The first-order valence-electron chi connectivity index (χ1n) is 8.22. The third kappa shape index (κ3) is 3.01. The van der Waals surface area contributed by atoms with Crippen molar-refractivity contribution in [2.24, 2.45) is 4.99 Å². The number of furan rings is 1. The Hall–Kier alpha value is -3.06. The van der Waals surface area contributed by atoms with Gasteiger partial charge in [0.1, 0.15) is 17.4 Å². The van der Waals surface area contributed by atoms with Crippen molar-refractivity contribution in [1.82, 2.24) is 4.57 Å². The molecule has 0 N–H and O–H groups in total. The second kappa shape index (κ2) is 6.45. The fourth-order valence-corrected chi connectivity index (χ4v) is 3.04. The smallest absolute Gasteiger partial charge is 0.237 e. The fraction of sp³-hybridized carbons (Fsp3) is 0.238. The summed E-state index contributed by atoms with van der Waals surface area (Å²) in [5.41, 5.74) is 6.95. The summed E-state index contributed by atoms with van der Waals surface area (Å²) >= 11 is 0. The van der Waals surface area contributed by atoms with Crippen molar-refractivity contribution in [2.75, 3.05) is 0 Å². The normalized spacial score (nSPS) is 11.2. The Morgan fingerprint density at radius 2 is 1.88 bits per heavy atom. The zero-order chi connectivity index (χ0) is 18.1. The molecule has 126 valence electrons. The van der Waals surface area contributed by atoms with Gasteiger partial charge in [-0.25, -0.2) is 4.99 Å². The van der Waals surface area contributed by atoms with Gasteiger partial charge in [-0.05, 0) is 58.4 Å². The van der Waals surface area contributed by atoms with Gasteiger partial charge in [0, 0.05) is 34.4 Å². The van der Waals surface area contributed by atoms with Crippen LogP contribution in [0.1, 0.15) is 39.4 Å². The lowest BCUT2D eigenvalue weighted by Crippen LogP contribution is -1.99. The molecule has 3 aromatic rings. The first-order chi connectivity index (χ1) is 11.9. The van der Waals surface area contributed by atoms with Gasteiger partial charge >= 0.3 is 0 Å². The van der Waals surface area contributed by atoms with E-state index in [0.717, 1.165) is 34.0 Å². The average Bonchev–Trinajstić information content (AvgIpc) is 3.01. The predicted octanol–water partition coefficient (Wildman–Crippen LogP) is 5.23. The van der Waals surface area contributed by atoms with Crippen LogP contribution in [-0.2, 0) is 0 Å². The van der Waals surface area contributed by atoms with Crippen LogP contribution in [0.2, 0.25) is 0 Å². The molecule has 0 saturated carbocycles. The van der Waals surface area contributed by atoms with Crippen LogP contribution in [0.3, 0.4) is 0 Å². The minimum absolute atomic E-state index is 0.373. The Balaban J connectivity index is 2.02. The summed E-state index contributed by atoms with van der Waals surface area (Å²) in [4.78, 5) is 4.43. The number of nitriles is 1. The van der Waals surface area contributed by atoms with E-state index in [9.17, 15) is 5.26 Å². The van der Waals surface area contributed by atoms with Crippen LogP contribution in [0, 0.1) is 45.9 Å². The van der Waals surface area contributed by atoms with Crippen molar-refractivity contribution >= 4 is 12.1 Å². The number of aryl methyl sites for hydroxylation is 3. The average molecular weight is 331 g/mol. The number of nitrogens with zero attached hydrogens (tertiary/aromatic N) is 3. The number of benzene rings is 1. The predicted molar refractivity (Wildman–Crippen MR) is 100 cm³/mol. The molecular weight excluding hydrogens is 310 g/mol. The molecule has 3 rings (SSSR count). The standard InChI is InChI=1S/C21H21N3O/c1-13-7-6-8-19(9-13)24-14(2)10-18(16(24)4)12-23-21-20(11-22)15(3)17(5)25-21/h6-10,12H,1-5H3. The van der Waals surface area contributed by atoms with Crippen LogP contribution in [-0.4, -0.2) is 10.8 Å². The maximum atomic E-state index is 9.30. The van der Waals surface area contributed by atoms with E-state index in [0.29, 0.717) is 11.4 Å². The lowest BCUT2D eigenvalue weighted by atomic mass is 10.2. The number of hydrogen-bond acceptors (Lipinski definition) is 3. The van der Waals surface area contributed by atoms with Crippen LogP contribution >= 0.6 is 0 Å². The van der Waals surface area contributed by atoms with Crippen molar-refractivity contribution in [2.45, 2.75) is 34.6 Å². The molecule has 0 aliphatic rings. The van der Waals surface area contributed by atoms with Crippen LogP contribution in [0.15, 0.2) is 39.7 Å². The molecule has 25 heavy (non-hydrogen) atoms. The zero-order valence-corrected chi connectivity index (χ0v) is 15.2. The first-order valence-corrected chi connectivity index (χ1v) is 8.22. The number of hydrogen-bond donors (Lipinski definition) is 0. The molecule has 0 fully saturated rings. The van der Waals surface area contributed by atoms with E-state index in [4.69, 9.17) is 4.42 Å². The Labute approximate surface area is 148 Å². The maximum absolute atomic E-state index is 9.30. The lowest BCUT2D eigenvalue weighted by molar-refractivity contribution is 0.542. The molecule has 2 heterocycles. The summed E-state index contributed by atoms with van der Waals surface area (Å²) in [6, 6.07) is 12.7. The minimum atomic E-state index is 0.373. The third-order valence-electron chi connectivity index (χ3n) is 4.53. The van der Waals surface area contributed by atoms with Crippen LogP contribution in [0.5, 0.6) is 0 Å². The molecule has 4 nitrogen and oxygen atoms in total. The first kappa shape index (κ1) is 16.8. The summed E-state index contributed by atoms with van der Waals surface area (Å²) in [5.74, 6) is 1.10. The molecule has 4 heteroatoms. The highest BCUT2D eigenvalue weighted by Crippen LogP contribution is 2.28. The quantitative estimate of drug-likeness (QED) is 0.617. The highest BCUT2D eigenvalue weighted by molar-refractivity contribution is 5.84. The molecule has 0 aliphatic heterocycles. The summed E-state index contributed by atoms with van der Waals surface area (Å²) < 4.78 is 7.81. The Kier molecular flexibility index (Phi) is 4.33. The van der Waals surface area contributed by atoms with E-state index in [1.54, 1.807) is 6.21 Å². The largest absolute Gasteiger partial charge is 0.442 e. The molecule has 0 saturated heterocycles. The molecule has 0 atom stereocenters. The van der Waals surface area contributed by atoms with Gasteiger partial charge in [-0.1, -0.05) is 12.1 Å². The number of rotatable bonds is 3. The van der Waals surface area contributed by atoms with Gasteiger partial charge in [-0.2, -0.15) is 5.26 Å². The van der Waals surface area contributed by atoms with Gasteiger partial charge in [-0.15, -0.1) is 0 Å². The fourth-order valence-electron chi connectivity index (χ4n) is 3.04. The van der Waals surface area contributed by atoms with Crippen molar-refractivity contribution in [3.8, 4) is 11.8 Å². The second-order valence-corrected chi connectivity index (χ2v) is 6.33. The van der Waals surface area contributed by atoms with E-state index in [1.165, 1.54) is 5.56 Å². The highest BCUT2D eigenvalue weighted by Gasteiger charge is 2.14. The third-order valence-corrected chi connectivity index (χ3v) is 4.53. The molecule has 0 amide bonds. The van der Waals surface area contributed by atoms with Crippen molar-refractivity contribution in [3.05, 3.63) is 69.7 Å². The number of aliphatic imine (C=N–C) groups is 1. The van der Waals surface area contributed by atoms with Gasteiger partial charge in [-0.3, -0.25) is 0 Å². The topological polar surface area (TPSA) is 54.2 Å². The van der Waals surface area contributed by atoms with Gasteiger partial charge in [0.2, 0.25) is 5.88 Å². The molecule has 0 aliphatic carbocycles. The molecular formula is C21H21N3O.